The van der Waals surface area contributed by atoms with Crippen LogP contribution in [0.1, 0.15) is 32.1 Å². The summed E-state index contributed by atoms with van der Waals surface area (Å²) in [7, 11) is 2.15. The number of fused-ring (bicyclic) bond motifs is 1. The van der Waals surface area contributed by atoms with Crippen LogP contribution in [0.5, 0.6) is 0 Å². The van der Waals surface area contributed by atoms with Gasteiger partial charge < -0.3 is 17.3 Å². The van der Waals surface area contributed by atoms with Crippen molar-refractivity contribution in [1.82, 2.24) is 9.97 Å². The van der Waals surface area contributed by atoms with Crippen LogP contribution < -0.4 is 17.3 Å². The Morgan fingerprint density at radius 2 is 1.70 bits per heavy atom. The van der Waals surface area contributed by atoms with Gasteiger partial charge in [-0.2, -0.15) is 0 Å². The number of aromatic nitrogens is 2. The fraction of sp³-hybridized carbons (Fsp3) is 0.333. The first kappa shape index (κ1) is 20.2. The number of nitrogens with zero attached hydrogens (tertiary/aromatic N) is 3. The Bertz CT molecular complexity index is 939. The molecule has 6 heteroatoms. The van der Waals surface area contributed by atoms with Gasteiger partial charge in [-0.05, 0) is 43.2 Å². The molecule has 1 saturated carbocycles. The molecule has 3 aromatic rings. The average Bonchev–Trinajstić information content (AvgIpc) is 2.67. The lowest BCUT2D eigenvalue weighted by Crippen LogP contribution is -3.00. The Balaban J connectivity index is 0.00000210. The quantitative estimate of drug-likeness (QED) is 0.649. The first-order valence-electron chi connectivity index (χ1n) is 9.08. The van der Waals surface area contributed by atoms with Gasteiger partial charge >= 0.3 is 0 Å². The monoisotopic (exact) mass is 420 g/mol. The van der Waals surface area contributed by atoms with Crippen LogP contribution in [0.25, 0.3) is 22.3 Å². The van der Waals surface area contributed by atoms with Crippen LogP contribution >= 0.6 is 23.2 Å². The molecule has 0 saturated heterocycles. The third-order valence-corrected chi connectivity index (χ3v) is 5.76. The lowest BCUT2D eigenvalue weighted by atomic mass is 9.94. The molecule has 0 amide bonds. The third-order valence-electron chi connectivity index (χ3n) is 5.21. The fourth-order valence-corrected chi connectivity index (χ4v) is 4.25. The summed E-state index contributed by atoms with van der Waals surface area (Å²) in [5.41, 5.74) is 1.74. The second kappa shape index (κ2) is 8.64. The van der Waals surface area contributed by atoms with E-state index in [9.17, 15) is 0 Å². The lowest BCUT2D eigenvalue weighted by molar-refractivity contribution is -0.00000516. The summed E-state index contributed by atoms with van der Waals surface area (Å²) in [5.74, 6) is 1.62. The second-order valence-corrected chi connectivity index (χ2v) is 7.76. The van der Waals surface area contributed by atoms with Crippen LogP contribution in [0.3, 0.4) is 0 Å². The van der Waals surface area contributed by atoms with Crippen molar-refractivity contribution in [2.75, 3.05) is 11.9 Å². The summed E-state index contributed by atoms with van der Waals surface area (Å²) < 4.78 is 0. The summed E-state index contributed by atoms with van der Waals surface area (Å²) in [4.78, 5) is 12.0. The number of hydrogen-bond donors (Lipinski definition) is 0. The molecule has 1 aromatic heterocycles. The number of hydrogen-bond acceptors (Lipinski definition) is 3. The number of benzene rings is 2. The van der Waals surface area contributed by atoms with Gasteiger partial charge in [0.05, 0.1) is 10.5 Å². The molecule has 0 bridgehead atoms. The van der Waals surface area contributed by atoms with E-state index in [1.54, 1.807) is 6.07 Å². The number of halogens is 3. The Morgan fingerprint density at radius 1 is 0.963 bits per heavy atom. The number of anilines is 1. The summed E-state index contributed by atoms with van der Waals surface area (Å²) in [6.07, 6.45) is 6.33. The van der Waals surface area contributed by atoms with E-state index >= 15 is 0 Å². The molecular formula is C21H21Cl3N3-. The molecule has 1 fully saturated rings. The van der Waals surface area contributed by atoms with Gasteiger partial charge in [0.15, 0.2) is 5.82 Å². The summed E-state index contributed by atoms with van der Waals surface area (Å²) >= 11 is 12.5. The SMILES string of the molecule is CN(c1nc(-c2ccc(Cl)cc2Cl)nc2ccccc12)C1CCCCC1.[Cl-]. The van der Waals surface area contributed by atoms with Gasteiger partial charge in [-0.1, -0.05) is 54.6 Å². The van der Waals surface area contributed by atoms with Crippen LogP contribution in [0, 0.1) is 0 Å². The van der Waals surface area contributed by atoms with Gasteiger partial charge in [-0.3, -0.25) is 0 Å². The highest BCUT2D eigenvalue weighted by Gasteiger charge is 2.22. The molecule has 0 spiro atoms. The zero-order valence-corrected chi connectivity index (χ0v) is 17.4. The maximum Gasteiger partial charge on any atom is 0.163 e. The minimum Gasteiger partial charge on any atom is -1.00 e. The highest BCUT2D eigenvalue weighted by Crippen LogP contribution is 2.34. The van der Waals surface area contributed by atoms with Crippen molar-refractivity contribution >= 4 is 39.9 Å². The normalized spacial score (nSPS) is 14.8. The molecule has 142 valence electrons. The topological polar surface area (TPSA) is 29.0 Å². The van der Waals surface area contributed by atoms with Crippen molar-refractivity contribution < 1.29 is 12.4 Å². The first-order chi connectivity index (χ1) is 12.6. The highest BCUT2D eigenvalue weighted by atomic mass is 35.5. The predicted octanol–water partition coefficient (Wildman–Crippen LogP) is 3.38. The van der Waals surface area contributed by atoms with E-state index in [-0.39, 0.29) is 12.4 Å². The van der Waals surface area contributed by atoms with Crippen molar-refractivity contribution in [2.24, 2.45) is 0 Å². The van der Waals surface area contributed by atoms with Gasteiger partial charge in [0, 0.05) is 29.1 Å². The first-order valence-corrected chi connectivity index (χ1v) is 9.84. The minimum atomic E-state index is 0. The molecule has 1 aliphatic carbocycles. The maximum atomic E-state index is 6.42. The summed E-state index contributed by atoms with van der Waals surface area (Å²) in [5, 5.41) is 2.26. The van der Waals surface area contributed by atoms with Gasteiger partial charge in [0.2, 0.25) is 0 Å². The van der Waals surface area contributed by atoms with Gasteiger partial charge in [0.25, 0.3) is 0 Å². The Hall–Kier alpha value is -1.55. The van der Waals surface area contributed by atoms with E-state index in [1.165, 1.54) is 32.1 Å². The molecule has 1 heterocycles. The van der Waals surface area contributed by atoms with Gasteiger partial charge in [0.1, 0.15) is 5.82 Å². The molecule has 0 atom stereocenters. The van der Waals surface area contributed by atoms with E-state index in [2.05, 4.69) is 18.0 Å². The molecule has 0 N–H and O–H groups in total. The van der Waals surface area contributed by atoms with Crippen LogP contribution in [0.4, 0.5) is 5.82 Å². The highest BCUT2D eigenvalue weighted by molar-refractivity contribution is 6.36. The molecule has 0 radical (unpaired) electrons. The molecule has 3 nitrogen and oxygen atoms in total. The molecular weight excluding hydrogens is 401 g/mol. The summed E-state index contributed by atoms with van der Waals surface area (Å²) in [6, 6.07) is 14.1. The van der Waals surface area contributed by atoms with Crippen LogP contribution in [0.2, 0.25) is 10.0 Å². The fourth-order valence-electron chi connectivity index (χ4n) is 3.76. The van der Waals surface area contributed by atoms with Gasteiger partial charge in [-0.25, -0.2) is 9.97 Å². The van der Waals surface area contributed by atoms with Crippen LogP contribution in [-0.2, 0) is 0 Å². The molecule has 27 heavy (non-hydrogen) atoms. The van der Waals surface area contributed by atoms with Crippen molar-refractivity contribution in [3.8, 4) is 11.4 Å². The Morgan fingerprint density at radius 3 is 2.44 bits per heavy atom. The summed E-state index contributed by atoms with van der Waals surface area (Å²) in [6.45, 7) is 0. The third kappa shape index (κ3) is 4.16. The van der Waals surface area contributed by atoms with Gasteiger partial charge in [-0.15, -0.1) is 0 Å². The van der Waals surface area contributed by atoms with E-state index in [1.807, 2.05) is 30.3 Å². The zero-order chi connectivity index (χ0) is 18.1. The Kier molecular flexibility index (Phi) is 6.46. The van der Waals surface area contributed by atoms with Crippen molar-refractivity contribution in [2.45, 2.75) is 38.1 Å². The lowest BCUT2D eigenvalue weighted by Gasteiger charge is -2.32. The minimum absolute atomic E-state index is 0. The van der Waals surface area contributed by atoms with Crippen molar-refractivity contribution in [1.29, 1.82) is 0 Å². The number of para-hydroxylation sites is 1. The largest absolute Gasteiger partial charge is 1.00 e. The van der Waals surface area contributed by atoms with Crippen molar-refractivity contribution in [3.63, 3.8) is 0 Å². The van der Waals surface area contributed by atoms with E-state index < -0.39 is 0 Å². The Labute approximate surface area is 176 Å². The second-order valence-electron chi connectivity index (χ2n) is 6.91. The van der Waals surface area contributed by atoms with E-state index in [0.717, 1.165) is 22.3 Å². The van der Waals surface area contributed by atoms with Crippen molar-refractivity contribution in [3.05, 3.63) is 52.5 Å². The standard InChI is InChI=1S/C21H21Cl2N3.ClH/c1-26(15-7-3-2-4-8-15)21-17-9-5-6-10-19(17)24-20(25-21)16-12-11-14(22)13-18(16)23;/h5-6,9-13,15H,2-4,7-8H2,1H3;1H/p-1. The van der Waals surface area contributed by atoms with E-state index in [4.69, 9.17) is 33.2 Å². The van der Waals surface area contributed by atoms with E-state index in [0.29, 0.717) is 21.9 Å². The average molecular weight is 422 g/mol. The molecule has 2 aromatic carbocycles. The predicted molar refractivity (Wildman–Crippen MR) is 110 cm³/mol. The molecule has 0 unspecified atom stereocenters. The molecule has 0 aliphatic heterocycles. The smallest absolute Gasteiger partial charge is 0.163 e. The van der Waals surface area contributed by atoms with Crippen LogP contribution in [0.15, 0.2) is 42.5 Å². The number of rotatable bonds is 3. The molecule has 4 rings (SSSR count). The van der Waals surface area contributed by atoms with Crippen LogP contribution in [-0.4, -0.2) is 23.1 Å². The zero-order valence-electron chi connectivity index (χ0n) is 15.1. The molecule has 1 aliphatic rings. The maximum absolute atomic E-state index is 6.42.